The van der Waals surface area contributed by atoms with Crippen LogP contribution in [-0.2, 0) is 11.2 Å². The Morgan fingerprint density at radius 1 is 1.47 bits per heavy atom. The van der Waals surface area contributed by atoms with E-state index in [-0.39, 0.29) is 11.8 Å². The lowest BCUT2D eigenvalue weighted by Crippen LogP contribution is -2.12. The molecule has 1 atom stereocenters. The van der Waals surface area contributed by atoms with Crippen LogP contribution in [0.5, 0.6) is 5.75 Å². The quantitative estimate of drug-likeness (QED) is 0.824. The van der Waals surface area contributed by atoms with Gasteiger partial charge in [0.1, 0.15) is 11.5 Å². The van der Waals surface area contributed by atoms with Gasteiger partial charge in [0, 0.05) is 12.5 Å². The Labute approximate surface area is 103 Å². The van der Waals surface area contributed by atoms with Gasteiger partial charge in [-0.15, -0.1) is 0 Å². The number of carbonyl (C=O) groups is 1. The molecular weight excluding hydrogens is 214 g/mol. The predicted molar refractivity (Wildman–Crippen MR) is 69.2 cm³/mol. The summed E-state index contributed by atoms with van der Waals surface area (Å²) in [5.74, 6) is 1.08. The lowest BCUT2D eigenvalue weighted by molar-refractivity contribution is -0.117. The van der Waals surface area contributed by atoms with E-state index in [0.717, 1.165) is 23.3 Å². The van der Waals surface area contributed by atoms with E-state index in [1.165, 1.54) is 0 Å². The third kappa shape index (κ3) is 3.86. The van der Waals surface area contributed by atoms with Crippen molar-refractivity contribution in [2.24, 2.45) is 5.73 Å². The summed E-state index contributed by atoms with van der Waals surface area (Å²) in [5, 5.41) is 0. The number of ether oxygens (including phenoxy) is 1. The van der Waals surface area contributed by atoms with Gasteiger partial charge in [-0.2, -0.15) is 0 Å². The molecule has 3 nitrogen and oxygen atoms in total. The summed E-state index contributed by atoms with van der Waals surface area (Å²) in [6.07, 6.45) is 2.15. The van der Waals surface area contributed by atoms with Crippen molar-refractivity contribution >= 4 is 5.78 Å². The minimum atomic E-state index is -0.0740. The monoisotopic (exact) mass is 235 g/mol. The SMILES string of the molecule is CCc1cc(C(N)CCC(C)=O)ccc1OC. The van der Waals surface area contributed by atoms with Crippen molar-refractivity contribution in [2.75, 3.05) is 7.11 Å². The lowest BCUT2D eigenvalue weighted by Gasteiger charge is -2.14. The fourth-order valence-corrected chi connectivity index (χ4v) is 1.83. The van der Waals surface area contributed by atoms with Gasteiger partial charge < -0.3 is 15.3 Å². The first-order valence-corrected chi connectivity index (χ1v) is 6.00. The number of Topliss-reactive ketones (excluding diaryl/α,β-unsaturated/α-hetero) is 1. The van der Waals surface area contributed by atoms with Crippen LogP contribution in [0.3, 0.4) is 0 Å². The summed E-state index contributed by atoms with van der Waals surface area (Å²) in [6, 6.07) is 5.92. The highest BCUT2D eigenvalue weighted by atomic mass is 16.5. The van der Waals surface area contributed by atoms with Gasteiger partial charge >= 0.3 is 0 Å². The maximum absolute atomic E-state index is 10.9. The first kappa shape index (κ1) is 13.7. The summed E-state index contributed by atoms with van der Waals surface area (Å²) < 4.78 is 5.27. The van der Waals surface area contributed by atoms with Crippen molar-refractivity contribution in [2.45, 2.75) is 39.2 Å². The largest absolute Gasteiger partial charge is 0.496 e. The van der Waals surface area contributed by atoms with E-state index >= 15 is 0 Å². The highest BCUT2D eigenvalue weighted by Crippen LogP contribution is 2.24. The Balaban J connectivity index is 2.80. The van der Waals surface area contributed by atoms with E-state index in [4.69, 9.17) is 10.5 Å². The van der Waals surface area contributed by atoms with Crippen LogP contribution in [0.25, 0.3) is 0 Å². The van der Waals surface area contributed by atoms with E-state index in [2.05, 4.69) is 13.0 Å². The van der Waals surface area contributed by atoms with Crippen molar-refractivity contribution in [3.8, 4) is 5.75 Å². The van der Waals surface area contributed by atoms with Gasteiger partial charge in [0.2, 0.25) is 0 Å². The van der Waals surface area contributed by atoms with Gasteiger partial charge in [0.05, 0.1) is 7.11 Å². The fourth-order valence-electron chi connectivity index (χ4n) is 1.83. The summed E-state index contributed by atoms with van der Waals surface area (Å²) in [5.41, 5.74) is 8.29. The Bertz CT molecular complexity index is 388. The number of benzene rings is 1. The smallest absolute Gasteiger partial charge is 0.129 e. The first-order chi connectivity index (χ1) is 8.08. The molecule has 1 aromatic rings. The van der Waals surface area contributed by atoms with Gasteiger partial charge in [0.25, 0.3) is 0 Å². The topological polar surface area (TPSA) is 52.3 Å². The summed E-state index contributed by atoms with van der Waals surface area (Å²) in [4.78, 5) is 10.9. The van der Waals surface area contributed by atoms with Crippen molar-refractivity contribution in [1.29, 1.82) is 0 Å². The Morgan fingerprint density at radius 2 is 2.18 bits per heavy atom. The number of rotatable bonds is 6. The number of methoxy groups -OCH3 is 1. The third-order valence-electron chi connectivity index (χ3n) is 2.92. The van der Waals surface area contributed by atoms with Gasteiger partial charge in [-0.05, 0) is 37.0 Å². The number of nitrogens with two attached hydrogens (primary N) is 1. The lowest BCUT2D eigenvalue weighted by atomic mass is 9.98. The highest BCUT2D eigenvalue weighted by molar-refractivity contribution is 5.75. The normalized spacial score (nSPS) is 12.2. The Hall–Kier alpha value is -1.35. The maximum Gasteiger partial charge on any atom is 0.129 e. The second kappa shape index (κ2) is 6.40. The standard InChI is InChI=1S/C14H21NO2/c1-4-11-9-12(6-8-14(11)17-3)13(15)7-5-10(2)16/h6,8-9,13H,4-5,7,15H2,1-3H3. The van der Waals surface area contributed by atoms with E-state index in [1.807, 2.05) is 12.1 Å². The zero-order valence-electron chi connectivity index (χ0n) is 10.8. The number of hydrogen-bond acceptors (Lipinski definition) is 3. The minimum absolute atomic E-state index is 0.0740. The van der Waals surface area contributed by atoms with Crippen LogP contribution in [0, 0.1) is 0 Å². The molecule has 0 saturated carbocycles. The van der Waals surface area contributed by atoms with E-state index in [9.17, 15) is 4.79 Å². The molecule has 0 aliphatic rings. The zero-order valence-corrected chi connectivity index (χ0v) is 10.8. The number of aryl methyl sites for hydroxylation is 1. The van der Waals surface area contributed by atoms with Crippen molar-refractivity contribution in [3.63, 3.8) is 0 Å². The molecule has 0 fully saturated rings. The van der Waals surface area contributed by atoms with E-state index < -0.39 is 0 Å². The Morgan fingerprint density at radius 3 is 2.71 bits per heavy atom. The van der Waals surface area contributed by atoms with Crippen LogP contribution in [0.1, 0.15) is 43.9 Å². The molecule has 94 valence electrons. The van der Waals surface area contributed by atoms with Crippen LogP contribution < -0.4 is 10.5 Å². The molecule has 0 aliphatic heterocycles. The van der Waals surface area contributed by atoms with Gasteiger partial charge in [-0.1, -0.05) is 19.1 Å². The van der Waals surface area contributed by atoms with Crippen LogP contribution in [-0.4, -0.2) is 12.9 Å². The Kier molecular flexibility index (Phi) is 5.16. The second-order valence-corrected chi connectivity index (χ2v) is 4.27. The molecule has 1 rings (SSSR count). The molecule has 3 heteroatoms. The number of carbonyl (C=O) groups excluding carboxylic acids is 1. The van der Waals surface area contributed by atoms with Crippen molar-refractivity contribution < 1.29 is 9.53 Å². The number of ketones is 1. The number of hydrogen-bond donors (Lipinski definition) is 1. The summed E-state index contributed by atoms with van der Waals surface area (Å²) >= 11 is 0. The van der Waals surface area contributed by atoms with Crippen LogP contribution in [0.15, 0.2) is 18.2 Å². The fraction of sp³-hybridized carbons (Fsp3) is 0.500. The van der Waals surface area contributed by atoms with Gasteiger partial charge in [0.15, 0.2) is 0 Å². The molecule has 0 heterocycles. The first-order valence-electron chi connectivity index (χ1n) is 6.00. The molecule has 0 bridgehead atoms. The summed E-state index contributed by atoms with van der Waals surface area (Å²) in [6.45, 7) is 3.68. The van der Waals surface area contributed by atoms with Crippen molar-refractivity contribution in [3.05, 3.63) is 29.3 Å². The second-order valence-electron chi connectivity index (χ2n) is 4.27. The molecular formula is C14H21NO2. The molecule has 17 heavy (non-hydrogen) atoms. The van der Waals surface area contributed by atoms with Crippen LogP contribution >= 0.6 is 0 Å². The highest BCUT2D eigenvalue weighted by Gasteiger charge is 2.10. The molecule has 0 radical (unpaired) electrons. The molecule has 0 amide bonds. The third-order valence-corrected chi connectivity index (χ3v) is 2.92. The van der Waals surface area contributed by atoms with Gasteiger partial charge in [-0.3, -0.25) is 0 Å². The summed E-state index contributed by atoms with van der Waals surface area (Å²) in [7, 11) is 1.67. The molecule has 0 spiro atoms. The molecule has 1 unspecified atom stereocenters. The van der Waals surface area contributed by atoms with Crippen molar-refractivity contribution in [1.82, 2.24) is 0 Å². The average Bonchev–Trinajstić information content (AvgIpc) is 2.34. The van der Waals surface area contributed by atoms with Gasteiger partial charge in [-0.25, -0.2) is 0 Å². The molecule has 2 N–H and O–H groups in total. The van der Waals surface area contributed by atoms with Crippen LogP contribution in [0.4, 0.5) is 0 Å². The molecule has 1 aromatic carbocycles. The molecule has 0 aromatic heterocycles. The molecule has 0 aliphatic carbocycles. The average molecular weight is 235 g/mol. The zero-order chi connectivity index (χ0) is 12.8. The molecule has 0 saturated heterocycles. The minimum Gasteiger partial charge on any atom is -0.496 e. The van der Waals surface area contributed by atoms with E-state index in [0.29, 0.717) is 12.8 Å². The predicted octanol–water partition coefficient (Wildman–Crippen LogP) is 2.63. The van der Waals surface area contributed by atoms with Crippen LogP contribution in [0.2, 0.25) is 0 Å². The maximum atomic E-state index is 10.9. The van der Waals surface area contributed by atoms with E-state index in [1.54, 1.807) is 14.0 Å².